The van der Waals surface area contributed by atoms with Crippen molar-refractivity contribution in [2.24, 2.45) is 5.14 Å². The molecule has 6 nitrogen and oxygen atoms in total. The number of ether oxygens (including phenoxy) is 1. The smallest absolute Gasteiger partial charge is 0.225 e. The summed E-state index contributed by atoms with van der Waals surface area (Å²) in [6, 6.07) is 0. The van der Waals surface area contributed by atoms with Crippen LogP contribution < -0.4 is 5.14 Å². The molecule has 1 saturated heterocycles. The highest BCUT2D eigenvalue weighted by Gasteiger charge is 2.41. The predicted molar refractivity (Wildman–Crippen MR) is 70.9 cm³/mol. The summed E-state index contributed by atoms with van der Waals surface area (Å²) < 4.78 is 28.2. The number of sulfonamides is 1. The number of primary sulfonamides is 1. The van der Waals surface area contributed by atoms with Crippen molar-refractivity contribution < 1.29 is 17.9 Å². The first kappa shape index (κ1) is 14.7. The van der Waals surface area contributed by atoms with Gasteiger partial charge in [0, 0.05) is 20.2 Å². The van der Waals surface area contributed by atoms with Crippen LogP contribution in [0, 0.1) is 0 Å². The molecule has 1 amide bonds. The van der Waals surface area contributed by atoms with E-state index in [0.29, 0.717) is 25.8 Å². The number of methoxy groups -OCH3 is 1. The molecule has 0 radical (unpaired) electrons. The molecule has 1 unspecified atom stereocenters. The maximum atomic E-state index is 12.2. The summed E-state index contributed by atoms with van der Waals surface area (Å²) in [6.45, 7) is 0.835. The van der Waals surface area contributed by atoms with Gasteiger partial charge in [0.25, 0.3) is 0 Å². The molecule has 0 aromatic rings. The minimum Gasteiger partial charge on any atom is -0.378 e. The second-order valence-electron chi connectivity index (χ2n) is 5.61. The number of carbonyl (C=O) groups is 1. The van der Waals surface area contributed by atoms with Gasteiger partial charge in [-0.05, 0) is 32.1 Å². The van der Waals surface area contributed by atoms with Crippen molar-refractivity contribution >= 4 is 15.9 Å². The Hall–Kier alpha value is -0.660. The predicted octanol–water partition coefficient (Wildman–Crippen LogP) is 0.225. The van der Waals surface area contributed by atoms with Crippen molar-refractivity contribution in [2.75, 3.05) is 20.2 Å². The number of amides is 1. The van der Waals surface area contributed by atoms with Crippen molar-refractivity contribution in [3.05, 3.63) is 0 Å². The van der Waals surface area contributed by atoms with Crippen LogP contribution in [0.4, 0.5) is 0 Å². The van der Waals surface area contributed by atoms with Crippen LogP contribution >= 0.6 is 0 Å². The van der Waals surface area contributed by atoms with Gasteiger partial charge >= 0.3 is 0 Å². The number of hydrogen-bond donors (Lipinski definition) is 1. The molecule has 1 heterocycles. The minimum absolute atomic E-state index is 0.0186. The molecular weight excluding hydrogens is 268 g/mol. The van der Waals surface area contributed by atoms with Crippen molar-refractivity contribution in [1.82, 2.24) is 4.90 Å². The van der Waals surface area contributed by atoms with E-state index < -0.39 is 15.3 Å². The van der Waals surface area contributed by atoms with Gasteiger partial charge in [0.05, 0.1) is 17.3 Å². The summed E-state index contributed by atoms with van der Waals surface area (Å²) in [5.41, 5.74) is -0.314. The highest BCUT2D eigenvalue weighted by molar-refractivity contribution is 7.89. The van der Waals surface area contributed by atoms with Crippen molar-refractivity contribution in [1.29, 1.82) is 0 Å². The zero-order valence-corrected chi connectivity index (χ0v) is 12.1. The fraction of sp³-hybridized carbons (Fsp3) is 0.917. The summed E-state index contributed by atoms with van der Waals surface area (Å²) in [4.78, 5) is 13.9. The molecule has 2 rings (SSSR count). The third-order valence-corrected chi connectivity index (χ3v) is 5.68. The van der Waals surface area contributed by atoms with Crippen molar-refractivity contribution in [3.8, 4) is 0 Å². The van der Waals surface area contributed by atoms with Crippen LogP contribution in [-0.4, -0.2) is 50.3 Å². The third-order valence-electron chi connectivity index (χ3n) is 4.37. The fourth-order valence-electron chi connectivity index (χ4n) is 2.84. The van der Waals surface area contributed by atoms with Gasteiger partial charge in [-0.3, -0.25) is 4.79 Å². The van der Waals surface area contributed by atoms with E-state index in [1.165, 1.54) is 0 Å². The maximum Gasteiger partial charge on any atom is 0.225 e. The molecule has 1 atom stereocenters. The van der Waals surface area contributed by atoms with Gasteiger partial charge in [-0.15, -0.1) is 0 Å². The number of piperidine rings is 1. The van der Waals surface area contributed by atoms with E-state index in [-0.39, 0.29) is 18.1 Å². The number of likely N-dealkylation sites (tertiary alicyclic amines) is 1. The number of hydrogen-bond acceptors (Lipinski definition) is 4. The average molecular weight is 290 g/mol. The first-order chi connectivity index (χ1) is 8.86. The van der Waals surface area contributed by atoms with Crippen LogP contribution in [0.15, 0.2) is 0 Å². The van der Waals surface area contributed by atoms with Crippen LogP contribution in [0.3, 0.4) is 0 Å². The lowest BCUT2D eigenvalue weighted by Gasteiger charge is -2.42. The third kappa shape index (κ3) is 3.27. The molecule has 0 bridgehead atoms. The minimum atomic E-state index is -3.56. The van der Waals surface area contributed by atoms with Gasteiger partial charge < -0.3 is 9.64 Å². The van der Waals surface area contributed by atoms with E-state index in [4.69, 9.17) is 9.88 Å². The molecule has 7 heteroatoms. The number of nitrogens with two attached hydrogens (primary N) is 1. The highest BCUT2D eigenvalue weighted by Crippen LogP contribution is 2.38. The molecule has 1 aliphatic heterocycles. The molecule has 1 saturated carbocycles. The molecule has 2 fully saturated rings. The summed E-state index contributed by atoms with van der Waals surface area (Å²) in [5, 5.41) is 4.55. The molecule has 0 spiro atoms. The summed E-state index contributed by atoms with van der Waals surface area (Å²) in [7, 11) is -1.92. The molecule has 0 aromatic heterocycles. The van der Waals surface area contributed by atoms with Crippen LogP contribution in [0.25, 0.3) is 0 Å². The average Bonchev–Trinajstić information content (AvgIpc) is 2.32. The Morgan fingerprint density at radius 3 is 2.58 bits per heavy atom. The largest absolute Gasteiger partial charge is 0.378 e. The van der Waals surface area contributed by atoms with Gasteiger partial charge in [0.2, 0.25) is 15.9 Å². The van der Waals surface area contributed by atoms with E-state index >= 15 is 0 Å². The normalized spacial score (nSPS) is 26.8. The number of nitrogens with zero attached hydrogens (tertiary/aromatic N) is 1. The quantitative estimate of drug-likeness (QED) is 0.802. The van der Waals surface area contributed by atoms with Crippen LogP contribution in [-0.2, 0) is 19.6 Å². The Balaban J connectivity index is 1.96. The lowest BCUT2D eigenvalue weighted by molar-refractivity contribution is -0.144. The fourth-order valence-corrected chi connectivity index (χ4v) is 3.73. The standard InChI is InChI=1S/C12H22N2O4S/c1-18-12(5-3-6-12)8-11(15)14-7-2-4-10(9-14)19(13,16)17/h10H,2-9H2,1H3,(H2,13,16,17). The summed E-state index contributed by atoms with van der Waals surface area (Å²) in [5.74, 6) is -0.0186. The van der Waals surface area contributed by atoms with E-state index in [2.05, 4.69) is 0 Å². The van der Waals surface area contributed by atoms with Gasteiger partial charge in [-0.1, -0.05) is 0 Å². The Morgan fingerprint density at radius 1 is 1.42 bits per heavy atom. The highest BCUT2D eigenvalue weighted by atomic mass is 32.2. The van der Waals surface area contributed by atoms with Gasteiger partial charge in [-0.2, -0.15) is 0 Å². The number of carbonyl (C=O) groups excluding carboxylic acids is 1. The maximum absolute atomic E-state index is 12.2. The molecule has 2 aliphatic rings. The van der Waals surface area contributed by atoms with Crippen molar-refractivity contribution in [2.45, 2.75) is 49.4 Å². The van der Waals surface area contributed by atoms with E-state index in [1.807, 2.05) is 0 Å². The molecule has 2 N–H and O–H groups in total. The lowest BCUT2D eigenvalue weighted by Crippen LogP contribution is -2.50. The monoisotopic (exact) mass is 290 g/mol. The Bertz CT molecular complexity index is 439. The van der Waals surface area contributed by atoms with Gasteiger partial charge in [0.1, 0.15) is 0 Å². The number of rotatable bonds is 4. The second kappa shape index (κ2) is 5.38. The van der Waals surface area contributed by atoms with E-state index in [1.54, 1.807) is 12.0 Å². The first-order valence-electron chi connectivity index (χ1n) is 6.71. The lowest BCUT2D eigenvalue weighted by atomic mass is 9.77. The summed E-state index contributed by atoms with van der Waals surface area (Å²) in [6.07, 6.45) is 4.47. The zero-order chi connectivity index (χ0) is 14.1. The van der Waals surface area contributed by atoms with E-state index in [9.17, 15) is 13.2 Å². The Kier molecular flexibility index (Phi) is 4.17. The first-order valence-corrected chi connectivity index (χ1v) is 8.32. The molecule has 19 heavy (non-hydrogen) atoms. The van der Waals surface area contributed by atoms with E-state index in [0.717, 1.165) is 19.3 Å². The molecule has 110 valence electrons. The molecule has 1 aliphatic carbocycles. The van der Waals surface area contributed by atoms with Crippen LogP contribution in [0.5, 0.6) is 0 Å². The molecule has 0 aromatic carbocycles. The second-order valence-corrected chi connectivity index (χ2v) is 7.46. The Labute approximate surface area is 114 Å². The summed E-state index contributed by atoms with van der Waals surface area (Å²) >= 11 is 0. The van der Waals surface area contributed by atoms with Gasteiger partial charge in [0.15, 0.2) is 0 Å². The van der Waals surface area contributed by atoms with Gasteiger partial charge in [-0.25, -0.2) is 13.6 Å². The van der Waals surface area contributed by atoms with Crippen molar-refractivity contribution in [3.63, 3.8) is 0 Å². The van der Waals surface area contributed by atoms with Crippen LogP contribution in [0.2, 0.25) is 0 Å². The molecular formula is C12H22N2O4S. The topological polar surface area (TPSA) is 89.7 Å². The van der Waals surface area contributed by atoms with Crippen LogP contribution in [0.1, 0.15) is 38.5 Å². The Morgan fingerprint density at radius 2 is 2.11 bits per heavy atom. The zero-order valence-electron chi connectivity index (χ0n) is 11.3. The SMILES string of the molecule is COC1(CC(=O)N2CCCC(S(N)(=O)=O)C2)CCC1.